The van der Waals surface area contributed by atoms with E-state index in [-0.39, 0.29) is 30.0 Å². The maximum absolute atomic E-state index is 12.2. The molecule has 0 saturated carbocycles. The third-order valence-electron chi connectivity index (χ3n) is 2.64. The maximum Gasteiger partial charge on any atom is 0.323 e. The van der Waals surface area contributed by atoms with Gasteiger partial charge in [-0.2, -0.15) is 0 Å². The first-order valence-corrected chi connectivity index (χ1v) is 6.45. The minimum Gasteiger partial charge on any atom is -0.508 e. The third-order valence-corrected chi connectivity index (χ3v) is 2.64. The van der Waals surface area contributed by atoms with Gasteiger partial charge in [0.05, 0.1) is 6.42 Å². The predicted octanol–water partition coefficient (Wildman–Crippen LogP) is 1.89. The molecule has 0 atom stereocenters. The van der Waals surface area contributed by atoms with Crippen LogP contribution in [-0.2, 0) is 16.0 Å². The fraction of sp³-hybridized carbons (Fsp3) is 0.467. The molecule has 5 heteroatoms. The Morgan fingerprint density at radius 3 is 2.15 bits per heavy atom. The molecule has 1 amide bonds. The molecule has 0 aliphatic rings. The zero-order valence-corrected chi connectivity index (χ0v) is 12.1. The van der Waals surface area contributed by atoms with Gasteiger partial charge in [0.25, 0.3) is 0 Å². The molecule has 110 valence electrons. The van der Waals surface area contributed by atoms with Crippen LogP contribution in [0.5, 0.6) is 5.75 Å². The van der Waals surface area contributed by atoms with Crippen LogP contribution in [0.25, 0.3) is 0 Å². The second-order valence-electron chi connectivity index (χ2n) is 6.05. The van der Waals surface area contributed by atoms with Gasteiger partial charge in [-0.1, -0.05) is 32.9 Å². The summed E-state index contributed by atoms with van der Waals surface area (Å²) in [6, 6.07) is 6.33. The summed E-state index contributed by atoms with van der Waals surface area (Å²) in [5.74, 6) is -1.11. The molecule has 5 nitrogen and oxygen atoms in total. The highest BCUT2D eigenvalue weighted by molar-refractivity contribution is 5.83. The summed E-state index contributed by atoms with van der Waals surface area (Å²) in [6.45, 7) is 5.95. The van der Waals surface area contributed by atoms with Gasteiger partial charge in [0.2, 0.25) is 5.91 Å². The lowest BCUT2D eigenvalue weighted by Gasteiger charge is -2.29. The van der Waals surface area contributed by atoms with Gasteiger partial charge >= 0.3 is 5.97 Å². The summed E-state index contributed by atoms with van der Waals surface area (Å²) < 4.78 is 0. The molecule has 1 aromatic rings. The van der Waals surface area contributed by atoms with Crippen LogP contribution in [0.4, 0.5) is 0 Å². The lowest BCUT2D eigenvalue weighted by Crippen LogP contribution is -2.41. The van der Waals surface area contributed by atoms with Gasteiger partial charge in [0, 0.05) is 6.54 Å². The van der Waals surface area contributed by atoms with E-state index < -0.39 is 5.97 Å². The van der Waals surface area contributed by atoms with Crippen LogP contribution in [0, 0.1) is 5.41 Å². The van der Waals surface area contributed by atoms with E-state index in [1.807, 2.05) is 20.8 Å². The number of phenolic OH excluding ortho intramolecular Hbond substituents is 1. The number of nitrogens with zero attached hydrogens (tertiary/aromatic N) is 1. The Balaban J connectivity index is 2.76. The molecule has 0 fully saturated rings. The Morgan fingerprint density at radius 1 is 1.15 bits per heavy atom. The summed E-state index contributed by atoms with van der Waals surface area (Å²) in [5, 5.41) is 18.1. The molecule has 2 N–H and O–H groups in total. The molecule has 0 spiro atoms. The van der Waals surface area contributed by atoms with Crippen molar-refractivity contribution >= 4 is 11.9 Å². The van der Waals surface area contributed by atoms with Crippen LogP contribution in [0.1, 0.15) is 26.3 Å². The molecule has 0 unspecified atom stereocenters. The molecule has 0 heterocycles. The van der Waals surface area contributed by atoms with Crippen molar-refractivity contribution in [2.75, 3.05) is 13.1 Å². The van der Waals surface area contributed by atoms with Crippen molar-refractivity contribution in [2.24, 2.45) is 5.41 Å². The topological polar surface area (TPSA) is 77.8 Å². The minimum absolute atomic E-state index is 0.129. The summed E-state index contributed by atoms with van der Waals surface area (Å²) in [5.41, 5.74) is 0.581. The van der Waals surface area contributed by atoms with Gasteiger partial charge < -0.3 is 15.1 Å². The highest BCUT2D eigenvalue weighted by Crippen LogP contribution is 2.17. The van der Waals surface area contributed by atoms with E-state index in [2.05, 4.69) is 0 Å². The first kappa shape index (κ1) is 16.0. The van der Waals surface area contributed by atoms with E-state index >= 15 is 0 Å². The number of aliphatic carboxylic acids is 1. The van der Waals surface area contributed by atoms with Crippen LogP contribution < -0.4 is 0 Å². The summed E-state index contributed by atoms with van der Waals surface area (Å²) in [6.07, 6.45) is 0.129. The van der Waals surface area contributed by atoms with E-state index in [0.717, 1.165) is 5.56 Å². The number of rotatable bonds is 5. The lowest BCUT2D eigenvalue weighted by molar-refractivity contribution is -0.145. The summed E-state index contributed by atoms with van der Waals surface area (Å²) >= 11 is 0. The Bertz CT molecular complexity index is 474. The highest BCUT2D eigenvalue weighted by Gasteiger charge is 2.23. The Kier molecular flexibility index (Phi) is 5.13. The van der Waals surface area contributed by atoms with Crippen molar-refractivity contribution in [2.45, 2.75) is 27.2 Å². The highest BCUT2D eigenvalue weighted by atomic mass is 16.4. The van der Waals surface area contributed by atoms with Crippen LogP contribution in [0.15, 0.2) is 24.3 Å². The van der Waals surface area contributed by atoms with Gasteiger partial charge in [-0.05, 0) is 23.1 Å². The van der Waals surface area contributed by atoms with Crippen molar-refractivity contribution in [3.63, 3.8) is 0 Å². The van der Waals surface area contributed by atoms with Crippen LogP contribution in [0.2, 0.25) is 0 Å². The number of amides is 1. The largest absolute Gasteiger partial charge is 0.508 e. The Hall–Kier alpha value is -2.04. The van der Waals surface area contributed by atoms with E-state index in [1.54, 1.807) is 12.1 Å². The molecule has 1 aromatic carbocycles. The number of hydrogen-bond donors (Lipinski definition) is 2. The number of phenols is 1. The zero-order chi connectivity index (χ0) is 15.3. The molecule has 0 aromatic heterocycles. The Morgan fingerprint density at radius 2 is 1.70 bits per heavy atom. The quantitative estimate of drug-likeness (QED) is 0.863. The van der Waals surface area contributed by atoms with E-state index in [1.165, 1.54) is 17.0 Å². The minimum atomic E-state index is -1.02. The van der Waals surface area contributed by atoms with E-state index in [9.17, 15) is 14.7 Å². The van der Waals surface area contributed by atoms with Gasteiger partial charge in [-0.3, -0.25) is 9.59 Å². The number of aromatic hydroxyl groups is 1. The van der Waals surface area contributed by atoms with Gasteiger partial charge in [0.15, 0.2) is 0 Å². The number of carbonyl (C=O) groups is 2. The SMILES string of the molecule is CC(C)(C)CN(CC(=O)O)C(=O)Cc1ccc(O)cc1. The predicted molar refractivity (Wildman–Crippen MR) is 75.5 cm³/mol. The molecule has 20 heavy (non-hydrogen) atoms. The number of hydrogen-bond acceptors (Lipinski definition) is 3. The first-order chi connectivity index (χ1) is 9.17. The van der Waals surface area contributed by atoms with Crippen LogP contribution in [0.3, 0.4) is 0 Å². The maximum atomic E-state index is 12.2. The van der Waals surface area contributed by atoms with Crippen molar-refractivity contribution in [3.8, 4) is 5.75 Å². The average Bonchev–Trinajstić information content (AvgIpc) is 2.29. The van der Waals surface area contributed by atoms with E-state index in [4.69, 9.17) is 5.11 Å². The lowest BCUT2D eigenvalue weighted by atomic mass is 9.95. The van der Waals surface area contributed by atoms with Crippen LogP contribution in [-0.4, -0.2) is 40.1 Å². The third kappa shape index (κ3) is 5.73. The van der Waals surface area contributed by atoms with Crippen molar-refractivity contribution < 1.29 is 19.8 Å². The summed E-state index contributed by atoms with van der Waals surface area (Å²) in [4.78, 5) is 24.4. The smallest absolute Gasteiger partial charge is 0.323 e. The zero-order valence-electron chi connectivity index (χ0n) is 12.1. The van der Waals surface area contributed by atoms with Crippen molar-refractivity contribution in [1.29, 1.82) is 0 Å². The van der Waals surface area contributed by atoms with E-state index in [0.29, 0.717) is 6.54 Å². The molecule has 0 bridgehead atoms. The molecule has 1 rings (SSSR count). The number of carboxylic acid groups (broad SMARTS) is 1. The Labute approximate surface area is 118 Å². The molecule has 0 radical (unpaired) electrons. The van der Waals surface area contributed by atoms with Crippen molar-refractivity contribution in [1.82, 2.24) is 4.90 Å². The first-order valence-electron chi connectivity index (χ1n) is 6.45. The van der Waals surface area contributed by atoms with Gasteiger partial charge in [-0.15, -0.1) is 0 Å². The summed E-state index contributed by atoms with van der Waals surface area (Å²) in [7, 11) is 0. The van der Waals surface area contributed by atoms with Crippen molar-refractivity contribution in [3.05, 3.63) is 29.8 Å². The fourth-order valence-corrected chi connectivity index (χ4v) is 1.87. The average molecular weight is 279 g/mol. The van der Waals surface area contributed by atoms with Gasteiger partial charge in [0.1, 0.15) is 12.3 Å². The van der Waals surface area contributed by atoms with Gasteiger partial charge in [-0.25, -0.2) is 0 Å². The second-order valence-corrected chi connectivity index (χ2v) is 6.05. The molecular formula is C15H21NO4. The molecule has 0 saturated heterocycles. The fourth-order valence-electron chi connectivity index (χ4n) is 1.87. The monoisotopic (exact) mass is 279 g/mol. The standard InChI is InChI=1S/C15H21NO4/c1-15(2,3)10-16(9-14(19)20)13(18)8-11-4-6-12(17)7-5-11/h4-7,17H,8-10H2,1-3H3,(H,19,20). The second kappa shape index (κ2) is 6.41. The number of benzene rings is 1. The number of carboxylic acids is 1. The number of carbonyl (C=O) groups excluding carboxylic acids is 1. The molecule has 0 aliphatic carbocycles. The molecular weight excluding hydrogens is 258 g/mol. The molecule has 0 aliphatic heterocycles. The van der Waals surface area contributed by atoms with Crippen LogP contribution >= 0.6 is 0 Å². The normalized spacial score (nSPS) is 11.2.